The Balaban J connectivity index is 1.79. The Kier molecular flexibility index (Phi) is 4.10. The van der Waals surface area contributed by atoms with E-state index in [0.29, 0.717) is 11.5 Å². The highest BCUT2D eigenvalue weighted by molar-refractivity contribution is 5.01. The summed E-state index contributed by atoms with van der Waals surface area (Å²) in [7, 11) is 0. The summed E-state index contributed by atoms with van der Waals surface area (Å²) in [6.45, 7) is 11.1. The summed E-state index contributed by atoms with van der Waals surface area (Å²) in [4.78, 5) is 0. The number of rotatable bonds is 7. The third-order valence-electron chi connectivity index (χ3n) is 4.61. The first-order chi connectivity index (χ1) is 8.57. The third-order valence-corrected chi connectivity index (χ3v) is 4.61. The second-order valence-electron chi connectivity index (χ2n) is 6.16. The van der Waals surface area contributed by atoms with Crippen LogP contribution in [0.2, 0.25) is 0 Å². The quantitative estimate of drug-likeness (QED) is 0.803. The van der Waals surface area contributed by atoms with Crippen LogP contribution in [0.1, 0.15) is 58.7 Å². The van der Waals surface area contributed by atoms with E-state index < -0.39 is 0 Å². The summed E-state index contributed by atoms with van der Waals surface area (Å²) >= 11 is 0. The SMILES string of the molecule is CCC(C)n1ccc(CNCC2(C(C)C)CC2)n1. The fourth-order valence-corrected chi connectivity index (χ4v) is 2.46. The van der Waals surface area contributed by atoms with E-state index >= 15 is 0 Å². The van der Waals surface area contributed by atoms with Crippen LogP contribution in [0.5, 0.6) is 0 Å². The fraction of sp³-hybridized carbons (Fsp3) is 0.800. The number of nitrogens with one attached hydrogen (secondary N) is 1. The second-order valence-corrected chi connectivity index (χ2v) is 6.16. The molecule has 1 aromatic rings. The maximum atomic E-state index is 4.62. The zero-order chi connectivity index (χ0) is 13.2. The highest BCUT2D eigenvalue weighted by Gasteiger charge is 2.44. The first kappa shape index (κ1) is 13.6. The monoisotopic (exact) mass is 249 g/mol. The molecule has 1 unspecified atom stereocenters. The summed E-state index contributed by atoms with van der Waals surface area (Å²) in [5.41, 5.74) is 1.74. The van der Waals surface area contributed by atoms with E-state index in [1.54, 1.807) is 0 Å². The lowest BCUT2D eigenvalue weighted by molar-refractivity contribution is 0.336. The molecule has 1 aliphatic carbocycles. The summed E-state index contributed by atoms with van der Waals surface area (Å²) in [6, 6.07) is 2.64. The van der Waals surface area contributed by atoms with Crippen molar-refractivity contribution >= 4 is 0 Å². The Morgan fingerprint density at radius 1 is 1.39 bits per heavy atom. The molecule has 2 rings (SSSR count). The van der Waals surface area contributed by atoms with E-state index in [2.05, 4.69) is 55.1 Å². The normalized spacial score (nSPS) is 19.2. The molecule has 0 radical (unpaired) electrons. The van der Waals surface area contributed by atoms with Gasteiger partial charge in [-0.25, -0.2) is 0 Å². The lowest BCUT2D eigenvalue weighted by atomic mass is 9.92. The summed E-state index contributed by atoms with van der Waals surface area (Å²) in [6.07, 6.45) is 6.00. The Hall–Kier alpha value is -0.830. The van der Waals surface area contributed by atoms with E-state index in [1.807, 2.05) is 0 Å². The van der Waals surface area contributed by atoms with Crippen molar-refractivity contribution in [2.75, 3.05) is 6.54 Å². The van der Waals surface area contributed by atoms with Gasteiger partial charge in [0.1, 0.15) is 0 Å². The van der Waals surface area contributed by atoms with Crippen molar-refractivity contribution in [2.24, 2.45) is 11.3 Å². The Morgan fingerprint density at radius 3 is 2.67 bits per heavy atom. The maximum Gasteiger partial charge on any atom is 0.0762 e. The molecule has 0 bridgehead atoms. The molecule has 102 valence electrons. The molecule has 1 aromatic heterocycles. The first-order valence-electron chi connectivity index (χ1n) is 7.32. The molecule has 3 heteroatoms. The minimum Gasteiger partial charge on any atom is -0.311 e. The summed E-state index contributed by atoms with van der Waals surface area (Å²) < 4.78 is 2.08. The molecule has 1 fully saturated rings. The lowest BCUT2D eigenvalue weighted by Crippen LogP contribution is -2.27. The van der Waals surface area contributed by atoms with Crippen molar-refractivity contribution < 1.29 is 0 Å². The van der Waals surface area contributed by atoms with E-state index in [0.717, 1.165) is 31.1 Å². The van der Waals surface area contributed by atoms with E-state index in [1.165, 1.54) is 12.8 Å². The molecule has 18 heavy (non-hydrogen) atoms. The topological polar surface area (TPSA) is 29.9 Å². The van der Waals surface area contributed by atoms with Gasteiger partial charge >= 0.3 is 0 Å². The predicted octanol–water partition coefficient (Wildman–Crippen LogP) is 3.38. The van der Waals surface area contributed by atoms with Crippen molar-refractivity contribution in [1.82, 2.24) is 15.1 Å². The van der Waals surface area contributed by atoms with Gasteiger partial charge in [0.15, 0.2) is 0 Å². The Labute approximate surface area is 111 Å². The molecular weight excluding hydrogens is 222 g/mol. The van der Waals surface area contributed by atoms with Crippen LogP contribution in [-0.4, -0.2) is 16.3 Å². The molecule has 0 aliphatic heterocycles. The van der Waals surface area contributed by atoms with Crippen LogP contribution in [0.15, 0.2) is 12.3 Å². The number of nitrogens with zero attached hydrogens (tertiary/aromatic N) is 2. The van der Waals surface area contributed by atoms with Crippen molar-refractivity contribution in [3.05, 3.63) is 18.0 Å². The zero-order valence-corrected chi connectivity index (χ0v) is 12.2. The Morgan fingerprint density at radius 2 is 2.11 bits per heavy atom. The minimum absolute atomic E-state index is 0.504. The molecule has 0 amide bonds. The molecule has 3 nitrogen and oxygen atoms in total. The van der Waals surface area contributed by atoms with Gasteiger partial charge in [-0.05, 0) is 43.6 Å². The van der Waals surface area contributed by atoms with Crippen LogP contribution >= 0.6 is 0 Å². The van der Waals surface area contributed by atoms with Gasteiger partial charge in [-0.2, -0.15) is 5.10 Å². The molecule has 1 heterocycles. The smallest absolute Gasteiger partial charge is 0.0762 e. The second kappa shape index (κ2) is 5.43. The number of hydrogen-bond donors (Lipinski definition) is 1. The van der Waals surface area contributed by atoms with Gasteiger partial charge in [-0.1, -0.05) is 20.8 Å². The number of hydrogen-bond acceptors (Lipinski definition) is 2. The molecule has 0 saturated heterocycles. The zero-order valence-electron chi connectivity index (χ0n) is 12.2. The third kappa shape index (κ3) is 2.94. The van der Waals surface area contributed by atoms with Gasteiger partial charge in [-0.15, -0.1) is 0 Å². The minimum atomic E-state index is 0.504. The average molecular weight is 249 g/mol. The van der Waals surface area contributed by atoms with Crippen LogP contribution < -0.4 is 5.32 Å². The van der Waals surface area contributed by atoms with Gasteiger partial charge in [-0.3, -0.25) is 4.68 Å². The average Bonchev–Trinajstić information content (AvgIpc) is 3.00. The van der Waals surface area contributed by atoms with Crippen LogP contribution in [0.3, 0.4) is 0 Å². The van der Waals surface area contributed by atoms with Crippen LogP contribution in [0.25, 0.3) is 0 Å². The highest BCUT2D eigenvalue weighted by atomic mass is 15.3. The van der Waals surface area contributed by atoms with Crippen molar-refractivity contribution in [3.8, 4) is 0 Å². The van der Waals surface area contributed by atoms with Crippen LogP contribution in [0.4, 0.5) is 0 Å². The van der Waals surface area contributed by atoms with Crippen molar-refractivity contribution in [3.63, 3.8) is 0 Å². The van der Waals surface area contributed by atoms with E-state index in [4.69, 9.17) is 0 Å². The van der Waals surface area contributed by atoms with Gasteiger partial charge in [0.05, 0.1) is 5.69 Å². The molecule has 1 N–H and O–H groups in total. The van der Waals surface area contributed by atoms with Crippen molar-refractivity contribution in [2.45, 2.75) is 59.5 Å². The van der Waals surface area contributed by atoms with Gasteiger partial charge in [0, 0.05) is 25.3 Å². The largest absolute Gasteiger partial charge is 0.311 e. The fourth-order valence-electron chi connectivity index (χ4n) is 2.46. The summed E-state index contributed by atoms with van der Waals surface area (Å²) in [5, 5.41) is 8.20. The first-order valence-corrected chi connectivity index (χ1v) is 7.32. The van der Waals surface area contributed by atoms with E-state index in [9.17, 15) is 0 Å². The summed E-state index contributed by atoms with van der Waals surface area (Å²) in [5.74, 6) is 0.794. The molecule has 0 aromatic carbocycles. The van der Waals surface area contributed by atoms with Crippen LogP contribution in [0, 0.1) is 11.3 Å². The molecule has 1 saturated carbocycles. The molecule has 0 spiro atoms. The van der Waals surface area contributed by atoms with E-state index in [-0.39, 0.29) is 0 Å². The standard InChI is InChI=1S/C15H27N3/c1-5-13(4)18-9-6-14(17-18)10-16-11-15(7-8-15)12(2)3/h6,9,12-13,16H,5,7-8,10-11H2,1-4H3. The van der Waals surface area contributed by atoms with Gasteiger partial charge < -0.3 is 5.32 Å². The molecular formula is C15H27N3. The predicted molar refractivity (Wildman–Crippen MR) is 75.4 cm³/mol. The molecule has 1 aliphatic rings. The van der Waals surface area contributed by atoms with Crippen LogP contribution in [-0.2, 0) is 6.54 Å². The number of aromatic nitrogens is 2. The molecule has 1 atom stereocenters. The Bertz CT molecular complexity index is 377. The maximum absolute atomic E-state index is 4.62. The van der Waals surface area contributed by atoms with Gasteiger partial charge in [0.2, 0.25) is 0 Å². The lowest BCUT2D eigenvalue weighted by Gasteiger charge is -2.19. The van der Waals surface area contributed by atoms with Crippen molar-refractivity contribution in [1.29, 1.82) is 0 Å². The highest BCUT2D eigenvalue weighted by Crippen LogP contribution is 2.51. The van der Waals surface area contributed by atoms with Gasteiger partial charge in [0.25, 0.3) is 0 Å².